The van der Waals surface area contributed by atoms with Gasteiger partial charge in [0.1, 0.15) is 18.5 Å². The van der Waals surface area contributed by atoms with Crippen LogP contribution < -0.4 is 10.6 Å². The van der Waals surface area contributed by atoms with Crippen LogP contribution in [0, 0.1) is 23.7 Å². The number of nitrogens with one attached hydrogen (secondary N) is 2. The number of amides is 2. The molecule has 0 aliphatic rings. The van der Waals surface area contributed by atoms with Crippen LogP contribution in [0.2, 0.25) is 5.02 Å². The summed E-state index contributed by atoms with van der Waals surface area (Å²) >= 11 is 6.17. The third-order valence-corrected chi connectivity index (χ3v) is 5.58. The molecule has 13 heteroatoms. The Bertz CT molecular complexity index is 1430. The summed E-state index contributed by atoms with van der Waals surface area (Å²) in [6.45, 7) is 5.39. The zero-order valence-electron chi connectivity index (χ0n) is 20.9. The molecule has 0 fully saturated rings. The number of hydrogen-bond acceptors (Lipinski definition) is 7. The highest BCUT2D eigenvalue weighted by Crippen LogP contribution is 2.27. The van der Waals surface area contributed by atoms with Crippen LogP contribution in [0.25, 0.3) is 5.82 Å². The normalized spacial score (nSPS) is 11.4. The Labute approximate surface area is 222 Å². The minimum absolute atomic E-state index is 0.00500. The number of halogens is 3. The van der Waals surface area contributed by atoms with Crippen molar-refractivity contribution in [2.24, 2.45) is 10.6 Å². The minimum atomic E-state index is -2.96. The number of benzene rings is 1. The first-order valence-corrected chi connectivity index (χ1v) is 11.6. The van der Waals surface area contributed by atoms with Crippen LogP contribution in [0.3, 0.4) is 0 Å². The van der Waals surface area contributed by atoms with E-state index in [-0.39, 0.29) is 39.9 Å². The number of aryl methyl sites for hydroxylation is 1. The van der Waals surface area contributed by atoms with Gasteiger partial charge in [-0.05, 0) is 42.8 Å². The van der Waals surface area contributed by atoms with Gasteiger partial charge in [0.05, 0.1) is 34.1 Å². The molecule has 0 atom stereocenters. The molecule has 2 amide bonds. The molecule has 0 saturated carbocycles. The molecule has 3 aromatic rings. The van der Waals surface area contributed by atoms with E-state index in [1.165, 1.54) is 43.8 Å². The number of hydrogen-bond donors (Lipinski definition) is 2. The van der Waals surface area contributed by atoms with E-state index in [1.54, 1.807) is 6.92 Å². The molecule has 0 unspecified atom stereocenters. The molecule has 3 rings (SSSR count). The molecular weight excluding hydrogens is 520 g/mol. The Balaban J connectivity index is 2.00. The Hall–Kier alpha value is -4.37. The largest absolute Gasteiger partial charge is 0.399 e. The van der Waals surface area contributed by atoms with Gasteiger partial charge in [0, 0.05) is 18.2 Å². The van der Waals surface area contributed by atoms with Gasteiger partial charge >= 0.3 is 0 Å². The molecular formula is C25H24ClF2N7O3. The molecule has 0 aliphatic heterocycles. The van der Waals surface area contributed by atoms with E-state index in [0.29, 0.717) is 5.56 Å². The van der Waals surface area contributed by atoms with Crippen molar-refractivity contribution in [1.82, 2.24) is 20.1 Å². The second-order valence-electron chi connectivity index (χ2n) is 8.85. The number of anilines is 1. The number of rotatable bonds is 9. The number of nitriles is 1. The van der Waals surface area contributed by atoms with Gasteiger partial charge in [0.15, 0.2) is 5.82 Å². The summed E-state index contributed by atoms with van der Waals surface area (Å²) in [4.78, 5) is 35.3. The zero-order valence-corrected chi connectivity index (χ0v) is 21.7. The molecule has 0 saturated heterocycles. The quantitative estimate of drug-likeness (QED) is 0.297. The van der Waals surface area contributed by atoms with Crippen LogP contribution in [0.4, 0.5) is 14.5 Å². The van der Waals surface area contributed by atoms with Crippen LogP contribution in [-0.2, 0) is 4.84 Å². The van der Waals surface area contributed by atoms with Crippen LogP contribution in [0.5, 0.6) is 0 Å². The van der Waals surface area contributed by atoms with Crippen molar-refractivity contribution in [3.05, 3.63) is 69.6 Å². The molecule has 198 valence electrons. The van der Waals surface area contributed by atoms with Gasteiger partial charge in [-0.1, -0.05) is 30.6 Å². The topological polar surface area (TPSA) is 134 Å². The summed E-state index contributed by atoms with van der Waals surface area (Å²) in [5, 5.41) is 22.4. The lowest BCUT2D eigenvalue weighted by Gasteiger charge is -2.20. The maximum absolute atomic E-state index is 13.5. The highest BCUT2D eigenvalue weighted by atomic mass is 35.5. The van der Waals surface area contributed by atoms with Crippen LogP contribution in [-0.4, -0.2) is 46.4 Å². The number of pyridine rings is 1. The third kappa shape index (κ3) is 6.49. The van der Waals surface area contributed by atoms with Crippen molar-refractivity contribution < 1.29 is 23.2 Å². The van der Waals surface area contributed by atoms with Gasteiger partial charge in [0.2, 0.25) is 0 Å². The second kappa shape index (κ2) is 11.8. The van der Waals surface area contributed by atoms with Gasteiger partial charge in [-0.2, -0.15) is 10.4 Å². The minimum Gasteiger partial charge on any atom is -0.399 e. The zero-order chi connectivity index (χ0) is 28.0. The SMILES string of the molecule is CO/N=C/C(C)(C)CNC(=O)c1cc(C#N)cc(C)c1NC(=O)c1cc(C(F)F)nn1-c1ncccc1Cl. The molecule has 10 nitrogen and oxygen atoms in total. The molecule has 0 spiro atoms. The Kier molecular flexibility index (Phi) is 8.75. The number of oxime groups is 1. The first-order chi connectivity index (χ1) is 18.0. The van der Waals surface area contributed by atoms with Crippen LogP contribution >= 0.6 is 11.6 Å². The van der Waals surface area contributed by atoms with E-state index >= 15 is 0 Å². The molecule has 2 heterocycles. The molecule has 0 radical (unpaired) electrons. The van der Waals surface area contributed by atoms with E-state index in [0.717, 1.165) is 10.7 Å². The summed E-state index contributed by atoms with van der Waals surface area (Å²) in [5.41, 5.74) is -0.829. The number of nitrogens with zero attached hydrogens (tertiary/aromatic N) is 5. The lowest BCUT2D eigenvalue weighted by Crippen LogP contribution is -2.35. The molecule has 1 aromatic carbocycles. The number of aromatic nitrogens is 3. The summed E-state index contributed by atoms with van der Waals surface area (Å²) < 4.78 is 27.9. The van der Waals surface area contributed by atoms with Gasteiger partial charge < -0.3 is 15.5 Å². The monoisotopic (exact) mass is 543 g/mol. The van der Waals surface area contributed by atoms with Crippen molar-refractivity contribution in [2.75, 3.05) is 19.0 Å². The lowest BCUT2D eigenvalue weighted by atomic mass is 9.95. The third-order valence-electron chi connectivity index (χ3n) is 5.28. The van der Waals surface area contributed by atoms with Gasteiger partial charge in [0.25, 0.3) is 18.2 Å². The Morgan fingerprint density at radius 1 is 1.32 bits per heavy atom. The van der Waals surface area contributed by atoms with E-state index in [9.17, 15) is 23.6 Å². The van der Waals surface area contributed by atoms with E-state index in [1.807, 2.05) is 19.9 Å². The standard InChI is InChI=1S/C25H24ClF2N7O3/c1-14-8-15(11-29)9-16(23(36)31-12-25(2,3)13-32-38-4)20(14)33-24(37)19-10-18(21(27)28)34-35(19)22-17(26)6-5-7-30-22/h5-10,13,21H,12H2,1-4H3,(H,31,36)(H,33,37)/b32-13+. The van der Waals surface area contributed by atoms with E-state index in [2.05, 4.69) is 25.9 Å². The fourth-order valence-electron chi connectivity index (χ4n) is 3.38. The smallest absolute Gasteiger partial charge is 0.282 e. The summed E-state index contributed by atoms with van der Waals surface area (Å²) in [6.07, 6.45) is -0.0657. The van der Waals surface area contributed by atoms with Crippen molar-refractivity contribution in [3.63, 3.8) is 0 Å². The maximum atomic E-state index is 13.5. The number of carbonyl (C=O) groups excluding carboxylic acids is 2. The van der Waals surface area contributed by atoms with Crippen molar-refractivity contribution in [1.29, 1.82) is 5.26 Å². The summed E-state index contributed by atoms with van der Waals surface area (Å²) in [5.74, 6) is -1.45. The predicted molar refractivity (Wildman–Crippen MR) is 137 cm³/mol. The number of carbonyl (C=O) groups is 2. The Morgan fingerprint density at radius 2 is 2.05 bits per heavy atom. The van der Waals surface area contributed by atoms with Crippen molar-refractivity contribution >= 4 is 35.3 Å². The highest BCUT2D eigenvalue weighted by Gasteiger charge is 2.26. The van der Waals surface area contributed by atoms with E-state index < -0.39 is 29.3 Å². The van der Waals surface area contributed by atoms with E-state index in [4.69, 9.17) is 16.4 Å². The molecule has 2 aromatic heterocycles. The maximum Gasteiger partial charge on any atom is 0.282 e. The highest BCUT2D eigenvalue weighted by molar-refractivity contribution is 6.32. The summed E-state index contributed by atoms with van der Waals surface area (Å²) in [7, 11) is 1.40. The average molecular weight is 544 g/mol. The summed E-state index contributed by atoms with van der Waals surface area (Å²) in [6, 6.07) is 8.72. The van der Waals surface area contributed by atoms with Gasteiger partial charge in [-0.15, -0.1) is 0 Å². The van der Waals surface area contributed by atoms with Crippen molar-refractivity contribution in [2.45, 2.75) is 27.2 Å². The first kappa shape index (κ1) is 28.2. The van der Waals surface area contributed by atoms with Crippen molar-refractivity contribution in [3.8, 4) is 11.9 Å². The fraction of sp³-hybridized carbons (Fsp3) is 0.280. The molecule has 0 aliphatic carbocycles. The van der Waals surface area contributed by atoms with Gasteiger partial charge in [-0.3, -0.25) is 9.59 Å². The average Bonchev–Trinajstić information content (AvgIpc) is 3.33. The van der Waals surface area contributed by atoms with Crippen LogP contribution in [0.15, 0.2) is 41.7 Å². The molecule has 38 heavy (non-hydrogen) atoms. The molecule has 0 bridgehead atoms. The van der Waals surface area contributed by atoms with Crippen LogP contribution in [0.1, 0.15) is 57.9 Å². The molecule has 2 N–H and O–H groups in total. The second-order valence-corrected chi connectivity index (χ2v) is 9.25. The Morgan fingerprint density at radius 3 is 2.68 bits per heavy atom. The predicted octanol–water partition coefficient (Wildman–Crippen LogP) is 4.68. The lowest BCUT2D eigenvalue weighted by molar-refractivity contribution is 0.0945. The fourth-order valence-corrected chi connectivity index (χ4v) is 3.58. The van der Waals surface area contributed by atoms with Gasteiger partial charge in [-0.25, -0.2) is 18.4 Å². The first-order valence-electron chi connectivity index (χ1n) is 11.2. The number of alkyl halides is 2.